The first kappa shape index (κ1) is 14.4. The Bertz CT molecular complexity index is 556. The van der Waals surface area contributed by atoms with Crippen LogP contribution in [-0.4, -0.2) is 35.5 Å². The molecule has 0 bridgehead atoms. The molecule has 1 N–H and O–H groups in total. The van der Waals surface area contributed by atoms with Gasteiger partial charge in [0.25, 0.3) is 5.91 Å². The molecular weight excluding hydrogens is 268 g/mol. The van der Waals surface area contributed by atoms with Crippen molar-refractivity contribution in [1.29, 1.82) is 0 Å². The summed E-state index contributed by atoms with van der Waals surface area (Å²) in [6.07, 6.45) is 3.18. The molecule has 1 amide bonds. The largest absolute Gasteiger partial charge is 0.478 e. The molecule has 6 heteroatoms. The number of carboxylic acid groups (broad SMARTS) is 1. The van der Waals surface area contributed by atoms with E-state index in [1.807, 2.05) is 0 Å². The first-order valence-corrected chi connectivity index (χ1v) is 6.38. The molecule has 1 aliphatic rings. The zero-order chi connectivity index (χ0) is 14.9. The lowest BCUT2D eigenvalue weighted by atomic mass is 9.85. The van der Waals surface area contributed by atoms with Gasteiger partial charge in [-0.1, -0.05) is 6.42 Å². The van der Waals surface area contributed by atoms with E-state index in [1.54, 1.807) is 0 Å². The zero-order valence-electron chi connectivity index (χ0n) is 11.0. The minimum Gasteiger partial charge on any atom is -0.478 e. The normalized spacial score (nSPS) is 14.8. The molecule has 1 fully saturated rings. The monoisotopic (exact) mass is 283 g/mol. The van der Waals surface area contributed by atoms with Gasteiger partial charge in [0.1, 0.15) is 0 Å². The van der Waals surface area contributed by atoms with Crippen LogP contribution in [0.1, 0.15) is 40.0 Å². The molecule has 0 aliphatic heterocycles. The summed E-state index contributed by atoms with van der Waals surface area (Å²) in [7, 11) is 1.54. The standard InChI is InChI=1S/C14H15F2NO3/c1-17(7-8-3-2-4-8)13(18)9-5-11(15)12(16)6-10(9)14(19)20/h5-6,8H,2-4,7H2,1H3,(H,19,20). The van der Waals surface area contributed by atoms with Crippen LogP contribution < -0.4 is 0 Å². The van der Waals surface area contributed by atoms with E-state index in [-0.39, 0.29) is 5.56 Å². The van der Waals surface area contributed by atoms with Gasteiger partial charge in [0.05, 0.1) is 11.1 Å². The van der Waals surface area contributed by atoms with Crippen LogP contribution in [0.3, 0.4) is 0 Å². The maximum Gasteiger partial charge on any atom is 0.336 e. The molecule has 1 aromatic carbocycles. The second-order valence-electron chi connectivity index (χ2n) is 5.10. The molecule has 0 unspecified atom stereocenters. The number of hydrogen-bond acceptors (Lipinski definition) is 2. The van der Waals surface area contributed by atoms with Crippen molar-refractivity contribution in [1.82, 2.24) is 4.90 Å². The summed E-state index contributed by atoms with van der Waals surface area (Å²) in [5.74, 6) is -4.16. The lowest BCUT2D eigenvalue weighted by Gasteiger charge is -2.30. The molecule has 0 radical (unpaired) electrons. The van der Waals surface area contributed by atoms with E-state index in [1.165, 1.54) is 11.9 Å². The number of hydrogen-bond donors (Lipinski definition) is 1. The Morgan fingerprint density at radius 1 is 1.25 bits per heavy atom. The van der Waals surface area contributed by atoms with E-state index >= 15 is 0 Å². The third-order valence-electron chi connectivity index (χ3n) is 3.62. The minimum absolute atomic E-state index is 0.321. The molecule has 1 aromatic rings. The maximum atomic E-state index is 13.2. The van der Waals surface area contributed by atoms with Crippen LogP contribution in [0.2, 0.25) is 0 Å². The number of carbonyl (C=O) groups excluding carboxylic acids is 1. The van der Waals surface area contributed by atoms with Gasteiger partial charge in [0.15, 0.2) is 11.6 Å². The van der Waals surface area contributed by atoms with Gasteiger partial charge in [-0.2, -0.15) is 0 Å². The lowest BCUT2D eigenvalue weighted by Crippen LogP contribution is -2.35. The Balaban J connectivity index is 2.27. The van der Waals surface area contributed by atoms with E-state index in [2.05, 4.69) is 0 Å². The van der Waals surface area contributed by atoms with Gasteiger partial charge >= 0.3 is 5.97 Å². The van der Waals surface area contributed by atoms with Gasteiger partial charge in [0.2, 0.25) is 0 Å². The zero-order valence-corrected chi connectivity index (χ0v) is 11.0. The number of carbonyl (C=O) groups is 2. The second kappa shape index (κ2) is 5.56. The number of benzene rings is 1. The fourth-order valence-electron chi connectivity index (χ4n) is 2.25. The van der Waals surface area contributed by atoms with Gasteiger partial charge in [0, 0.05) is 13.6 Å². The first-order chi connectivity index (χ1) is 9.40. The van der Waals surface area contributed by atoms with Gasteiger partial charge in [-0.15, -0.1) is 0 Å². The maximum absolute atomic E-state index is 13.2. The first-order valence-electron chi connectivity index (χ1n) is 6.38. The average Bonchev–Trinajstić information content (AvgIpc) is 2.35. The number of carboxylic acids is 1. The summed E-state index contributed by atoms with van der Waals surface area (Å²) in [6.45, 7) is 0.497. The fourth-order valence-corrected chi connectivity index (χ4v) is 2.25. The van der Waals surface area contributed by atoms with Gasteiger partial charge in [-0.25, -0.2) is 13.6 Å². The summed E-state index contributed by atoms with van der Waals surface area (Å²) >= 11 is 0. The van der Waals surface area contributed by atoms with E-state index in [4.69, 9.17) is 5.11 Å². The average molecular weight is 283 g/mol. The Morgan fingerprint density at radius 3 is 2.25 bits per heavy atom. The number of nitrogens with zero attached hydrogens (tertiary/aromatic N) is 1. The van der Waals surface area contributed by atoms with Crippen molar-refractivity contribution in [3.8, 4) is 0 Å². The SMILES string of the molecule is CN(CC1CCC1)C(=O)c1cc(F)c(F)cc1C(=O)O. The van der Waals surface area contributed by atoms with Gasteiger partial charge < -0.3 is 10.0 Å². The molecule has 1 saturated carbocycles. The topological polar surface area (TPSA) is 57.6 Å². The summed E-state index contributed by atoms with van der Waals surface area (Å²) in [5, 5.41) is 8.99. The highest BCUT2D eigenvalue weighted by molar-refractivity contribution is 6.04. The van der Waals surface area contributed by atoms with Crippen LogP contribution in [0.4, 0.5) is 8.78 Å². The number of amides is 1. The fraction of sp³-hybridized carbons (Fsp3) is 0.429. The van der Waals surface area contributed by atoms with E-state index in [0.29, 0.717) is 24.6 Å². The molecule has 0 heterocycles. The van der Waals surface area contributed by atoms with Gasteiger partial charge in [-0.3, -0.25) is 4.79 Å². The Labute approximate surface area is 115 Å². The Kier molecular flexibility index (Phi) is 4.01. The third kappa shape index (κ3) is 2.79. The minimum atomic E-state index is -1.45. The van der Waals surface area contributed by atoms with Crippen LogP contribution in [-0.2, 0) is 0 Å². The molecule has 1 aliphatic carbocycles. The van der Waals surface area contributed by atoms with Crippen molar-refractivity contribution in [3.05, 3.63) is 34.9 Å². The summed E-state index contributed by atoms with van der Waals surface area (Å²) in [4.78, 5) is 24.6. The van der Waals surface area contributed by atoms with Crippen molar-refractivity contribution in [2.45, 2.75) is 19.3 Å². The predicted octanol–water partition coefficient (Wildman–Crippen LogP) is 2.54. The molecule has 108 valence electrons. The molecule has 2 rings (SSSR count). The molecular formula is C14H15F2NO3. The highest BCUT2D eigenvalue weighted by Crippen LogP contribution is 2.27. The quantitative estimate of drug-likeness (QED) is 0.923. The van der Waals surface area contributed by atoms with Gasteiger partial charge in [-0.05, 0) is 30.9 Å². The highest BCUT2D eigenvalue weighted by Gasteiger charge is 2.26. The van der Waals surface area contributed by atoms with Crippen LogP contribution in [0, 0.1) is 17.6 Å². The van der Waals surface area contributed by atoms with Crippen LogP contribution in [0.25, 0.3) is 0 Å². The van der Waals surface area contributed by atoms with Crippen molar-refractivity contribution < 1.29 is 23.5 Å². The second-order valence-corrected chi connectivity index (χ2v) is 5.10. The molecule has 0 aromatic heterocycles. The summed E-state index contributed by atoms with van der Waals surface area (Å²) < 4.78 is 26.3. The third-order valence-corrected chi connectivity index (χ3v) is 3.62. The van der Waals surface area contributed by atoms with Crippen molar-refractivity contribution >= 4 is 11.9 Å². The molecule has 20 heavy (non-hydrogen) atoms. The van der Waals surface area contributed by atoms with E-state index < -0.39 is 29.1 Å². The van der Waals surface area contributed by atoms with Crippen LogP contribution in [0.15, 0.2) is 12.1 Å². The predicted molar refractivity (Wildman–Crippen MR) is 67.6 cm³/mol. The summed E-state index contributed by atoms with van der Waals surface area (Å²) in [5.41, 5.74) is -0.840. The summed E-state index contributed by atoms with van der Waals surface area (Å²) in [6, 6.07) is 1.19. The number of aromatic carboxylic acids is 1. The highest BCUT2D eigenvalue weighted by atomic mass is 19.2. The lowest BCUT2D eigenvalue weighted by molar-refractivity contribution is 0.0672. The molecule has 4 nitrogen and oxygen atoms in total. The Hall–Kier alpha value is -1.98. The van der Waals surface area contributed by atoms with Crippen LogP contribution >= 0.6 is 0 Å². The smallest absolute Gasteiger partial charge is 0.336 e. The molecule has 0 atom stereocenters. The molecule has 0 spiro atoms. The number of halogens is 2. The van der Waals surface area contributed by atoms with E-state index in [0.717, 1.165) is 19.3 Å². The van der Waals surface area contributed by atoms with Crippen molar-refractivity contribution in [2.75, 3.05) is 13.6 Å². The Morgan fingerprint density at radius 2 is 1.80 bits per heavy atom. The van der Waals surface area contributed by atoms with E-state index in [9.17, 15) is 18.4 Å². The van der Waals surface area contributed by atoms with Crippen molar-refractivity contribution in [2.24, 2.45) is 5.92 Å². The number of rotatable bonds is 4. The molecule has 0 saturated heterocycles. The van der Waals surface area contributed by atoms with Crippen LogP contribution in [0.5, 0.6) is 0 Å². The van der Waals surface area contributed by atoms with Crippen molar-refractivity contribution in [3.63, 3.8) is 0 Å².